The first kappa shape index (κ1) is 20.9. The zero-order valence-electron chi connectivity index (χ0n) is 16.0. The molecule has 1 N–H and O–H groups in total. The fraction of sp³-hybridized carbons (Fsp3) is 0.350. The predicted molar refractivity (Wildman–Crippen MR) is 104 cm³/mol. The van der Waals surface area contributed by atoms with Crippen LogP contribution in [0.4, 0.5) is 0 Å². The van der Waals surface area contributed by atoms with Crippen molar-refractivity contribution in [3.05, 3.63) is 59.7 Å². The average Bonchev–Trinajstić information content (AvgIpc) is 2.64. The maximum atomic E-state index is 12.3. The van der Waals surface area contributed by atoms with Gasteiger partial charge in [0.2, 0.25) is 10.0 Å². The summed E-state index contributed by atoms with van der Waals surface area (Å²) < 4.78 is 37.3. The lowest BCUT2D eigenvalue weighted by Crippen LogP contribution is -2.28. The van der Waals surface area contributed by atoms with E-state index in [9.17, 15) is 13.2 Å². The predicted octanol–water partition coefficient (Wildman–Crippen LogP) is 3.13. The minimum atomic E-state index is -3.74. The van der Waals surface area contributed by atoms with Crippen LogP contribution in [0.25, 0.3) is 0 Å². The van der Waals surface area contributed by atoms with Gasteiger partial charge in [0.25, 0.3) is 0 Å². The maximum Gasteiger partial charge on any atom is 0.337 e. The standard InChI is InChI=1S/C20H25NO5S/c1-20(2,3)16-8-10-17(11-9-16)26-13-12-21-27(23,24)18-7-5-6-15(14-18)19(22)25-4/h5-11,14,21H,12-13H2,1-4H3. The van der Waals surface area contributed by atoms with Crippen LogP contribution >= 0.6 is 0 Å². The van der Waals surface area contributed by atoms with Gasteiger partial charge in [-0.3, -0.25) is 0 Å². The van der Waals surface area contributed by atoms with Gasteiger partial charge in [0.1, 0.15) is 12.4 Å². The molecule has 146 valence electrons. The lowest BCUT2D eigenvalue weighted by Gasteiger charge is -2.19. The number of hydrogen-bond donors (Lipinski definition) is 1. The molecule has 0 spiro atoms. The zero-order chi connectivity index (χ0) is 20.1. The number of carbonyl (C=O) groups excluding carboxylic acids is 1. The highest BCUT2D eigenvalue weighted by Gasteiger charge is 2.16. The number of esters is 1. The van der Waals surface area contributed by atoms with E-state index in [0.717, 1.165) is 0 Å². The molecule has 0 aliphatic carbocycles. The van der Waals surface area contributed by atoms with Crippen molar-refractivity contribution in [2.45, 2.75) is 31.1 Å². The van der Waals surface area contributed by atoms with Crippen molar-refractivity contribution < 1.29 is 22.7 Å². The molecule has 0 unspecified atom stereocenters. The van der Waals surface area contributed by atoms with Crippen LogP contribution in [0.2, 0.25) is 0 Å². The van der Waals surface area contributed by atoms with Gasteiger partial charge >= 0.3 is 5.97 Å². The summed E-state index contributed by atoms with van der Waals surface area (Å²) in [5.74, 6) is 0.0870. The van der Waals surface area contributed by atoms with Crippen molar-refractivity contribution >= 4 is 16.0 Å². The summed E-state index contributed by atoms with van der Waals surface area (Å²) in [5, 5.41) is 0. The summed E-state index contributed by atoms with van der Waals surface area (Å²) in [7, 11) is -2.50. The Balaban J connectivity index is 1.92. The molecule has 0 aromatic heterocycles. The molecule has 2 aromatic rings. The molecule has 2 rings (SSSR count). The lowest BCUT2D eigenvalue weighted by atomic mass is 9.87. The second-order valence-corrected chi connectivity index (χ2v) is 8.81. The minimum Gasteiger partial charge on any atom is -0.492 e. The second kappa shape index (κ2) is 8.54. The molecule has 0 fully saturated rings. The Hall–Kier alpha value is -2.38. The summed E-state index contributed by atoms with van der Waals surface area (Å²) in [4.78, 5) is 11.5. The molecule has 0 bridgehead atoms. The third-order valence-corrected chi connectivity index (χ3v) is 5.41. The summed E-state index contributed by atoms with van der Waals surface area (Å²) >= 11 is 0. The van der Waals surface area contributed by atoms with Gasteiger partial charge in [0.15, 0.2) is 0 Å². The average molecular weight is 391 g/mol. The van der Waals surface area contributed by atoms with Gasteiger partial charge in [-0.1, -0.05) is 39.0 Å². The Morgan fingerprint density at radius 3 is 2.33 bits per heavy atom. The van der Waals surface area contributed by atoms with E-state index in [1.165, 1.54) is 36.9 Å². The van der Waals surface area contributed by atoms with Gasteiger partial charge in [-0.2, -0.15) is 0 Å². The van der Waals surface area contributed by atoms with Crippen molar-refractivity contribution in [3.63, 3.8) is 0 Å². The van der Waals surface area contributed by atoms with Gasteiger partial charge in [-0.15, -0.1) is 0 Å². The third-order valence-electron chi connectivity index (χ3n) is 3.95. The van der Waals surface area contributed by atoms with Crippen LogP contribution in [-0.4, -0.2) is 34.6 Å². The highest BCUT2D eigenvalue weighted by Crippen LogP contribution is 2.24. The monoisotopic (exact) mass is 391 g/mol. The van der Waals surface area contributed by atoms with E-state index in [1.54, 1.807) is 0 Å². The summed E-state index contributed by atoms with van der Waals surface area (Å²) in [6.07, 6.45) is 0. The summed E-state index contributed by atoms with van der Waals surface area (Å²) in [6.45, 7) is 6.68. The molecule has 0 saturated heterocycles. The fourth-order valence-electron chi connectivity index (χ4n) is 2.39. The van der Waals surface area contributed by atoms with Crippen LogP contribution in [-0.2, 0) is 20.2 Å². The zero-order valence-corrected chi connectivity index (χ0v) is 16.8. The number of hydrogen-bond acceptors (Lipinski definition) is 5. The van der Waals surface area contributed by atoms with Crippen molar-refractivity contribution in [2.24, 2.45) is 0 Å². The molecule has 0 amide bonds. The topological polar surface area (TPSA) is 81.7 Å². The highest BCUT2D eigenvalue weighted by atomic mass is 32.2. The van der Waals surface area contributed by atoms with Crippen molar-refractivity contribution in [3.8, 4) is 5.75 Å². The smallest absolute Gasteiger partial charge is 0.337 e. The van der Waals surface area contributed by atoms with E-state index < -0.39 is 16.0 Å². The normalized spacial score (nSPS) is 11.9. The van der Waals surface area contributed by atoms with Crippen LogP contribution in [0.1, 0.15) is 36.7 Å². The molecule has 0 aliphatic rings. The SMILES string of the molecule is COC(=O)c1cccc(S(=O)(=O)NCCOc2ccc(C(C)(C)C)cc2)c1. The van der Waals surface area contributed by atoms with E-state index in [0.29, 0.717) is 5.75 Å². The molecule has 0 saturated carbocycles. The Kier molecular flexibility index (Phi) is 6.62. The molecule has 0 radical (unpaired) electrons. The molecule has 7 heteroatoms. The van der Waals surface area contributed by atoms with Crippen LogP contribution in [0.15, 0.2) is 53.4 Å². The molecule has 27 heavy (non-hydrogen) atoms. The molecule has 0 aliphatic heterocycles. The number of nitrogens with one attached hydrogen (secondary N) is 1. The molecular formula is C20H25NO5S. The molecule has 0 atom stereocenters. The van der Waals surface area contributed by atoms with E-state index in [-0.39, 0.29) is 29.0 Å². The van der Waals surface area contributed by atoms with Gasteiger partial charge in [-0.05, 0) is 41.3 Å². The summed E-state index contributed by atoms with van der Waals surface area (Å²) in [5.41, 5.74) is 1.43. The number of sulfonamides is 1. The number of benzene rings is 2. The summed E-state index contributed by atoms with van der Waals surface area (Å²) in [6, 6.07) is 13.4. The van der Waals surface area contributed by atoms with Gasteiger partial charge < -0.3 is 9.47 Å². The number of carbonyl (C=O) groups is 1. The number of ether oxygens (including phenoxy) is 2. The second-order valence-electron chi connectivity index (χ2n) is 7.04. The molecule has 6 nitrogen and oxygen atoms in total. The Labute approximate surface area is 160 Å². The Bertz CT molecular complexity index is 883. The van der Waals surface area contributed by atoms with Crippen LogP contribution < -0.4 is 9.46 Å². The Morgan fingerprint density at radius 2 is 1.74 bits per heavy atom. The fourth-order valence-corrected chi connectivity index (χ4v) is 3.45. The molecule has 2 aromatic carbocycles. The Morgan fingerprint density at radius 1 is 1.07 bits per heavy atom. The van der Waals surface area contributed by atoms with Crippen LogP contribution in [0, 0.1) is 0 Å². The van der Waals surface area contributed by atoms with Crippen LogP contribution in [0.5, 0.6) is 5.75 Å². The third kappa shape index (κ3) is 5.80. The molecular weight excluding hydrogens is 366 g/mol. The van der Waals surface area contributed by atoms with E-state index in [1.807, 2.05) is 24.3 Å². The first-order valence-electron chi connectivity index (χ1n) is 8.55. The largest absolute Gasteiger partial charge is 0.492 e. The van der Waals surface area contributed by atoms with Gasteiger partial charge in [-0.25, -0.2) is 17.9 Å². The maximum absolute atomic E-state index is 12.3. The number of methoxy groups -OCH3 is 1. The van der Waals surface area contributed by atoms with E-state index in [2.05, 4.69) is 30.2 Å². The molecule has 0 heterocycles. The minimum absolute atomic E-state index is 0.0000647. The lowest BCUT2D eigenvalue weighted by molar-refractivity contribution is 0.0600. The van der Waals surface area contributed by atoms with Crippen molar-refractivity contribution in [1.82, 2.24) is 4.72 Å². The highest BCUT2D eigenvalue weighted by molar-refractivity contribution is 7.89. The number of rotatable bonds is 7. The van der Waals surface area contributed by atoms with Crippen LogP contribution in [0.3, 0.4) is 0 Å². The van der Waals surface area contributed by atoms with E-state index >= 15 is 0 Å². The van der Waals surface area contributed by atoms with Gasteiger partial charge in [0, 0.05) is 6.54 Å². The van der Waals surface area contributed by atoms with Crippen molar-refractivity contribution in [2.75, 3.05) is 20.3 Å². The van der Waals surface area contributed by atoms with Crippen molar-refractivity contribution in [1.29, 1.82) is 0 Å². The first-order chi connectivity index (χ1) is 12.6. The first-order valence-corrected chi connectivity index (χ1v) is 10.0. The van der Waals surface area contributed by atoms with Gasteiger partial charge in [0.05, 0.1) is 17.6 Å². The quantitative estimate of drug-likeness (QED) is 0.579. The van der Waals surface area contributed by atoms with E-state index in [4.69, 9.17) is 4.74 Å².